The first-order valence-corrected chi connectivity index (χ1v) is 4.22. The highest BCUT2D eigenvalue weighted by atomic mass is 16.5. The summed E-state index contributed by atoms with van der Waals surface area (Å²) in [5.41, 5.74) is 1.31. The monoisotopic (exact) mass is 203 g/mol. The molecule has 0 N–H and O–H groups in total. The fourth-order valence-electron chi connectivity index (χ4n) is 1.30. The van der Waals surface area contributed by atoms with E-state index in [1.54, 1.807) is 13.0 Å². The number of rotatable bonds is 2. The molecule has 0 heterocycles. The summed E-state index contributed by atoms with van der Waals surface area (Å²) in [4.78, 5) is 21.9. The molecule has 0 bridgehead atoms. The van der Waals surface area contributed by atoms with Gasteiger partial charge in [0.05, 0.1) is 18.2 Å². The average molecular weight is 203 g/mol. The van der Waals surface area contributed by atoms with Gasteiger partial charge in [-0.1, -0.05) is 0 Å². The number of ether oxygens (including phenoxy) is 1. The first kappa shape index (κ1) is 10.9. The van der Waals surface area contributed by atoms with Gasteiger partial charge in [0.2, 0.25) is 0 Å². The number of esters is 1. The zero-order valence-corrected chi connectivity index (χ0v) is 8.40. The second-order valence-corrected chi connectivity index (χ2v) is 2.98. The second kappa shape index (κ2) is 4.38. The van der Waals surface area contributed by atoms with Gasteiger partial charge in [-0.3, -0.25) is 4.79 Å². The van der Waals surface area contributed by atoms with Crippen LogP contribution in [0.15, 0.2) is 12.1 Å². The average Bonchev–Trinajstić information content (AvgIpc) is 2.26. The number of carbonyl (C=O) groups excluding carboxylic acids is 2. The van der Waals surface area contributed by atoms with Crippen LogP contribution in [0.1, 0.15) is 31.8 Å². The molecular formula is C11H9NO3. The quantitative estimate of drug-likeness (QED) is 0.539. The van der Waals surface area contributed by atoms with E-state index in [2.05, 4.69) is 4.74 Å². The summed E-state index contributed by atoms with van der Waals surface area (Å²) in [7, 11) is 1.23. The van der Waals surface area contributed by atoms with E-state index in [0.717, 1.165) is 0 Å². The summed E-state index contributed by atoms with van der Waals surface area (Å²) < 4.78 is 4.53. The van der Waals surface area contributed by atoms with Gasteiger partial charge in [-0.2, -0.15) is 5.26 Å². The maximum absolute atomic E-state index is 11.3. The highest BCUT2D eigenvalue weighted by molar-refractivity contribution is 5.94. The van der Waals surface area contributed by atoms with Gasteiger partial charge in [0.25, 0.3) is 0 Å². The highest BCUT2D eigenvalue weighted by Crippen LogP contribution is 2.16. The van der Waals surface area contributed by atoms with E-state index >= 15 is 0 Å². The van der Waals surface area contributed by atoms with Crippen LogP contribution < -0.4 is 0 Å². The van der Waals surface area contributed by atoms with Crippen LogP contribution >= 0.6 is 0 Å². The molecule has 0 radical (unpaired) electrons. The Balaban J connectivity index is 3.47. The summed E-state index contributed by atoms with van der Waals surface area (Å²) in [5, 5.41) is 8.86. The predicted octanol–water partition coefficient (Wildman–Crippen LogP) is 1.47. The standard InChI is InChI=1S/C11H9NO3/c1-7-3-8(6-13)4-9(10(7)5-12)11(14)15-2/h3-4,6H,1-2H3. The molecule has 1 aromatic rings. The maximum atomic E-state index is 11.3. The van der Waals surface area contributed by atoms with Gasteiger partial charge in [-0.15, -0.1) is 0 Å². The number of hydrogen-bond donors (Lipinski definition) is 0. The summed E-state index contributed by atoms with van der Waals surface area (Å²) in [6.07, 6.45) is 0.626. The van der Waals surface area contributed by atoms with E-state index in [1.807, 2.05) is 6.07 Å². The van der Waals surface area contributed by atoms with Gasteiger partial charge in [-0.05, 0) is 24.6 Å². The Labute approximate surface area is 87.1 Å². The van der Waals surface area contributed by atoms with Crippen molar-refractivity contribution in [1.82, 2.24) is 0 Å². The number of hydrogen-bond acceptors (Lipinski definition) is 4. The molecule has 1 aromatic carbocycles. The molecule has 0 aliphatic carbocycles. The molecule has 0 aromatic heterocycles. The fraction of sp³-hybridized carbons (Fsp3) is 0.182. The topological polar surface area (TPSA) is 67.2 Å². The Kier molecular flexibility index (Phi) is 3.19. The van der Waals surface area contributed by atoms with Crippen LogP contribution in [-0.4, -0.2) is 19.4 Å². The van der Waals surface area contributed by atoms with Crippen molar-refractivity contribution in [3.63, 3.8) is 0 Å². The molecule has 0 aliphatic heterocycles. The van der Waals surface area contributed by atoms with Crippen molar-refractivity contribution in [2.24, 2.45) is 0 Å². The van der Waals surface area contributed by atoms with Crippen molar-refractivity contribution < 1.29 is 14.3 Å². The molecule has 0 fully saturated rings. The molecule has 0 unspecified atom stereocenters. The molecule has 0 saturated heterocycles. The van der Waals surface area contributed by atoms with Crippen LogP contribution in [0.25, 0.3) is 0 Å². The number of benzene rings is 1. The lowest BCUT2D eigenvalue weighted by molar-refractivity contribution is 0.0600. The van der Waals surface area contributed by atoms with Crippen LogP contribution in [0.3, 0.4) is 0 Å². The largest absolute Gasteiger partial charge is 0.465 e. The molecule has 4 nitrogen and oxygen atoms in total. The van der Waals surface area contributed by atoms with Gasteiger partial charge in [0, 0.05) is 5.56 Å². The SMILES string of the molecule is COC(=O)c1cc(C=O)cc(C)c1C#N. The highest BCUT2D eigenvalue weighted by Gasteiger charge is 2.15. The lowest BCUT2D eigenvalue weighted by Crippen LogP contribution is -2.06. The van der Waals surface area contributed by atoms with Gasteiger partial charge in [0.1, 0.15) is 12.4 Å². The van der Waals surface area contributed by atoms with Crippen LogP contribution in [0, 0.1) is 18.3 Å². The fourth-order valence-corrected chi connectivity index (χ4v) is 1.30. The number of nitrogens with zero attached hydrogens (tertiary/aromatic N) is 1. The zero-order valence-electron chi connectivity index (χ0n) is 8.40. The Hall–Kier alpha value is -2.15. The molecule has 76 valence electrons. The first-order valence-electron chi connectivity index (χ1n) is 4.22. The number of nitriles is 1. The normalized spacial score (nSPS) is 9.13. The molecule has 1 rings (SSSR count). The van der Waals surface area contributed by atoms with Crippen molar-refractivity contribution in [3.05, 3.63) is 34.4 Å². The number of aldehydes is 1. The van der Waals surface area contributed by atoms with Crippen molar-refractivity contribution in [3.8, 4) is 6.07 Å². The predicted molar refractivity (Wildman–Crippen MR) is 52.6 cm³/mol. The minimum atomic E-state index is -0.613. The van der Waals surface area contributed by atoms with Crippen LogP contribution in [0.4, 0.5) is 0 Å². The smallest absolute Gasteiger partial charge is 0.339 e. The van der Waals surface area contributed by atoms with Crippen molar-refractivity contribution in [1.29, 1.82) is 5.26 Å². The van der Waals surface area contributed by atoms with E-state index in [-0.39, 0.29) is 11.1 Å². The number of carbonyl (C=O) groups is 2. The lowest BCUT2D eigenvalue weighted by Gasteiger charge is -2.05. The van der Waals surface area contributed by atoms with Crippen LogP contribution in [0.2, 0.25) is 0 Å². The minimum Gasteiger partial charge on any atom is -0.465 e. The maximum Gasteiger partial charge on any atom is 0.339 e. The van der Waals surface area contributed by atoms with Crippen LogP contribution in [0.5, 0.6) is 0 Å². The van der Waals surface area contributed by atoms with E-state index < -0.39 is 5.97 Å². The molecule has 15 heavy (non-hydrogen) atoms. The number of methoxy groups -OCH3 is 1. The molecule has 0 atom stereocenters. The zero-order chi connectivity index (χ0) is 11.4. The minimum absolute atomic E-state index is 0.127. The first-order chi connectivity index (χ1) is 7.13. The van der Waals surface area contributed by atoms with Gasteiger partial charge >= 0.3 is 5.97 Å². The van der Waals surface area contributed by atoms with Gasteiger partial charge < -0.3 is 4.74 Å². The Morgan fingerprint density at radius 2 is 2.20 bits per heavy atom. The molecule has 4 heteroatoms. The van der Waals surface area contributed by atoms with E-state index in [0.29, 0.717) is 17.4 Å². The van der Waals surface area contributed by atoms with E-state index in [4.69, 9.17) is 5.26 Å². The molecule has 0 aliphatic rings. The molecule has 0 spiro atoms. The Morgan fingerprint density at radius 1 is 1.53 bits per heavy atom. The molecule has 0 saturated carbocycles. The number of aryl methyl sites for hydroxylation is 1. The van der Waals surface area contributed by atoms with Crippen LogP contribution in [-0.2, 0) is 4.74 Å². The Bertz CT molecular complexity index is 458. The van der Waals surface area contributed by atoms with Crippen molar-refractivity contribution in [2.75, 3.05) is 7.11 Å². The lowest BCUT2D eigenvalue weighted by atomic mass is 10.00. The summed E-state index contributed by atoms with van der Waals surface area (Å²) in [6, 6.07) is 4.82. The van der Waals surface area contributed by atoms with Gasteiger partial charge in [-0.25, -0.2) is 4.79 Å². The van der Waals surface area contributed by atoms with Crippen molar-refractivity contribution >= 4 is 12.3 Å². The second-order valence-electron chi connectivity index (χ2n) is 2.98. The third-order valence-electron chi connectivity index (χ3n) is 2.01. The summed E-state index contributed by atoms with van der Waals surface area (Å²) in [5.74, 6) is -0.613. The van der Waals surface area contributed by atoms with E-state index in [9.17, 15) is 9.59 Å². The summed E-state index contributed by atoms with van der Waals surface area (Å²) in [6.45, 7) is 1.66. The molecular weight excluding hydrogens is 194 g/mol. The van der Waals surface area contributed by atoms with E-state index in [1.165, 1.54) is 13.2 Å². The van der Waals surface area contributed by atoms with Crippen molar-refractivity contribution in [2.45, 2.75) is 6.92 Å². The third-order valence-corrected chi connectivity index (χ3v) is 2.01. The summed E-state index contributed by atoms with van der Waals surface area (Å²) >= 11 is 0. The molecule has 0 amide bonds. The van der Waals surface area contributed by atoms with Gasteiger partial charge in [0.15, 0.2) is 0 Å². The third kappa shape index (κ3) is 2.02. The Morgan fingerprint density at radius 3 is 2.67 bits per heavy atom.